The first-order valence-electron chi connectivity index (χ1n) is 6.52. The number of anilines is 1. The summed E-state index contributed by atoms with van der Waals surface area (Å²) in [6, 6.07) is 10.7. The molecular weight excluding hydrogens is 276 g/mol. The van der Waals surface area contributed by atoms with Crippen molar-refractivity contribution >= 4 is 23.2 Å². The van der Waals surface area contributed by atoms with E-state index in [1.165, 1.54) is 4.90 Å². The van der Waals surface area contributed by atoms with Gasteiger partial charge in [-0.2, -0.15) is 5.26 Å². The number of halogens is 1. The first kappa shape index (κ1) is 14.8. The number of nitrogens with one attached hydrogen (secondary N) is 1. The molecule has 1 aromatic carbocycles. The first-order chi connectivity index (χ1) is 9.63. The van der Waals surface area contributed by atoms with Crippen LogP contribution in [0.25, 0.3) is 0 Å². The van der Waals surface area contributed by atoms with E-state index >= 15 is 0 Å². The van der Waals surface area contributed by atoms with Crippen molar-refractivity contribution in [2.24, 2.45) is 11.7 Å². The molecule has 1 heterocycles. The normalized spacial score (nSPS) is 28.1. The number of hydrogen-bond donors (Lipinski definition) is 2. The molecule has 0 bridgehead atoms. The highest BCUT2D eigenvalue weighted by atomic mass is 35.5. The lowest BCUT2D eigenvalue weighted by Crippen LogP contribution is -2.46. The maximum atomic E-state index is 12.5. The lowest BCUT2D eigenvalue weighted by atomic mass is 9.96. The number of nitrogens with two attached hydrogens (primary N) is 1. The number of benzene rings is 1. The van der Waals surface area contributed by atoms with Gasteiger partial charge >= 0.3 is 0 Å². The predicted octanol–water partition coefficient (Wildman–Crippen LogP) is 1.39. The van der Waals surface area contributed by atoms with E-state index in [2.05, 4.69) is 5.32 Å². The van der Waals surface area contributed by atoms with Gasteiger partial charge in [0.1, 0.15) is 5.92 Å². The van der Waals surface area contributed by atoms with Crippen molar-refractivity contribution in [1.29, 1.82) is 5.26 Å². The molecule has 0 aliphatic carbocycles. The maximum Gasteiger partial charge on any atom is 0.247 e. The van der Waals surface area contributed by atoms with Crippen molar-refractivity contribution in [2.75, 3.05) is 11.6 Å². The van der Waals surface area contributed by atoms with Crippen LogP contribution in [-0.2, 0) is 4.79 Å². The fourth-order valence-electron chi connectivity index (χ4n) is 2.20. The largest absolute Gasteiger partial charge is 0.326 e. The van der Waals surface area contributed by atoms with Crippen molar-refractivity contribution < 1.29 is 4.79 Å². The van der Waals surface area contributed by atoms with Gasteiger partial charge in [-0.05, 0) is 25.0 Å². The molecule has 5 nitrogen and oxygen atoms in total. The molecule has 2 rings (SSSR count). The maximum absolute atomic E-state index is 12.5. The summed E-state index contributed by atoms with van der Waals surface area (Å²) in [5, 5.41) is 12.3. The summed E-state index contributed by atoms with van der Waals surface area (Å²) in [6.07, 6.45) is 1.16. The fourth-order valence-corrected chi connectivity index (χ4v) is 2.40. The second-order valence-corrected chi connectivity index (χ2v) is 5.31. The zero-order valence-corrected chi connectivity index (χ0v) is 11.8. The Hall–Kier alpha value is -1.61. The van der Waals surface area contributed by atoms with E-state index in [1.54, 1.807) is 0 Å². The van der Waals surface area contributed by atoms with Crippen LogP contribution in [0.15, 0.2) is 30.3 Å². The fraction of sp³-hybridized carbons (Fsp3) is 0.429. The summed E-state index contributed by atoms with van der Waals surface area (Å²) in [6.45, 7) is 0.266. The Balaban J connectivity index is 2.32. The quantitative estimate of drug-likeness (QED) is 0.605. The second kappa shape index (κ2) is 6.71. The van der Waals surface area contributed by atoms with Gasteiger partial charge in [0.15, 0.2) is 0 Å². The van der Waals surface area contributed by atoms with Crippen molar-refractivity contribution in [3.05, 3.63) is 30.3 Å². The molecule has 1 aromatic rings. The Kier molecular flexibility index (Phi) is 4.96. The van der Waals surface area contributed by atoms with Crippen LogP contribution in [0.2, 0.25) is 0 Å². The molecule has 0 saturated carbocycles. The Bertz CT molecular complexity index is 502. The molecule has 3 atom stereocenters. The lowest BCUT2D eigenvalue weighted by Gasteiger charge is -2.26. The zero-order chi connectivity index (χ0) is 14.5. The third-order valence-electron chi connectivity index (χ3n) is 3.39. The molecule has 1 aliphatic heterocycles. The van der Waals surface area contributed by atoms with Crippen molar-refractivity contribution in [3.8, 4) is 6.07 Å². The minimum atomic E-state index is -0.848. The van der Waals surface area contributed by atoms with Gasteiger partial charge in [0.2, 0.25) is 5.91 Å². The molecule has 1 saturated heterocycles. The van der Waals surface area contributed by atoms with Gasteiger partial charge in [0.25, 0.3) is 0 Å². The van der Waals surface area contributed by atoms with Crippen LogP contribution in [0, 0.1) is 17.2 Å². The molecule has 1 aliphatic rings. The van der Waals surface area contributed by atoms with Gasteiger partial charge in [-0.3, -0.25) is 15.0 Å². The Morgan fingerprint density at radius 3 is 2.70 bits per heavy atom. The average Bonchev–Trinajstić information content (AvgIpc) is 2.51. The molecule has 1 fully saturated rings. The van der Waals surface area contributed by atoms with E-state index in [0.29, 0.717) is 12.8 Å². The minimum Gasteiger partial charge on any atom is -0.326 e. The molecule has 20 heavy (non-hydrogen) atoms. The van der Waals surface area contributed by atoms with Crippen LogP contribution in [-0.4, -0.2) is 24.1 Å². The summed E-state index contributed by atoms with van der Waals surface area (Å²) in [5.74, 6) is -1.14. The predicted molar refractivity (Wildman–Crippen MR) is 77.9 cm³/mol. The number of nitrogens with zero attached hydrogens (tertiary/aromatic N) is 2. The number of carbonyl (C=O) groups is 1. The molecular formula is C14H17ClN4O. The van der Waals surface area contributed by atoms with Crippen LogP contribution in [0.1, 0.15) is 12.8 Å². The molecule has 106 valence electrons. The van der Waals surface area contributed by atoms with Crippen molar-refractivity contribution in [3.63, 3.8) is 0 Å². The topological polar surface area (TPSA) is 82.2 Å². The van der Waals surface area contributed by atoms with E-state index in [1.807, 2.05) is 36.4 Å². The molecule has 0 aromatic heterocycles. The number of alkyl halides is 1. The summed E-state index contributed by atoms with van der Waals surface area (Å²) in [7, 11) is 0. The van der Waals surface area contributed by atoms with E-state index in [0.717, 1.165) is 5.69 Å². The van der Waals surface area contributed by atoms with Crippen LogP contribution in [0.4, 0.5) is 5.69 Å². The second-order valence-electron chi connectivity index (χ2n) is 4.78. The highest BCUT2D eigenvalue weighted by Crippen LogP contribution is 2.21. The standard InChI is InChI=1S/C14H17ClN4O/c15-13-7-6-12(17)11(8-16)14(20)19(9-18-13)10-4-2-1-3-5-10/h1-5,11-13,18H,6-7,9,17H2. The van der Waals surface area contributed by atoms with Gasteiger partial charge in [-0.1, -0.05) is 18.2 Å². The zero-order valence-electron chi connectivity index (χ0n) is 11.0. The van der Waals surface area contributed by atoms with Gasteiger partial charge in [-0.15, -0.1) is 11.6 Å². The van der Waals surface area contributed by atoms with Gasteiger partial charge in [-0.25, -0.2) is 0 Å². The molecule has 1 amide bonds. The lowest BCUT2D eigenvalue weighted by molar-refractivity contribution is -0.121. The minimum absolute atomic E-state index is 0.266. The molecule has 0 radical (unpaired) electrons. The van der Waals surface area contributed by atoms with Gasteiger partial charge < -0.3 is 5.73 Å². The summed E-state index contributed by atoms with van der Waals surface area (Å²) >= 11 is 6.14. The highest BCUT2D eigenvalue weighted by Gasteiger charge is 2.32. The van der Waals surface area contributed by atoms with E-state index in [9.17, 15) is 10.1 Å². The van der Waals surface area contributed by atoms with E-state index in [4.69, 9.17) is 17.3 Å². The molecule has 3 unspecified atom stereocenters. The third-order valence-corrected chi connectivity index (χ3v) is 3.76. The third kappa shape index (κ3) is 3.28. The Morgan fingerprint density at radius 2 is 2.05 bits per heavy atom. The number of amides is 1. The monoisotopic (exact) mass is 292 g/mol. The van der Waals surface area contributed by atoms with Gasteiger partial charge in [0.05, 0.1) is 18.2 Å². The number of hydrogen-bond acceptors (Lipinski definition) is 4. The average molecular weight is 293 g/mol. The van der Waals surface area contributed by atoms with Crippen molar-refractivity contribution in [1.82, 2.24) is 5.32 Å². The Labute approximate surface area is 123 Å². The SMILES string of the molecule is N#CC1C(=O)N(c2ccccc2)CNC(Cl)CCC1N. The first-order valence-corrected chi connectivity index (χ1v) is 6.96. The summed E-state index contributed by atoms with van der Waals surface area (Å²) in [5.41, 5.74) is 6.42. The number of carbonyl (C=O) groups excluding carboxylic acids is 1. The van der Waals surface area contributed by atoms with E-state index < -0.39 is 12.0 Å². The summed E-state index contributed by atoms with van der Waals surface area (Å²) < 4.78 is 0. The smallest absolute Gasteiger partial charge is 0.247 e. The molecule has 3 N–H and O–H groups in total. The van der Waals surface area contributed by atoms with Crippen LogP contribution < -0.4 is 16.0 Å². The number of nitriles is 1. The number of rotatable bonds is 1. The van der Waals surface area contributed by atoms with E-state index in [-0.39, 0.29) is 18.1 Å². The highest BCUT2D eigenvalue weighted by molar-refractivity contribution is 6.20. The van der Waals surface area contributed by atoms with Crippen LogP contribution in [0.3, 0.4) is 0 Å². The Morgan fingerprint density at radius 1 is 1.35 bits per heavy atom. The van der Waals surface area contributed by atoms with Crippen molar-refractivity contribution in [2.45, 2.75) is 24.4 Å². The molecule has 0 spiro atoms. The van der Waals surface area contributed by atoms with Gasteiger partial charge in [0, 0.05) is 11.7 Å². The van der Waals surface area contributed by atoms with Crippen LogP contribution >= 0.6 is 11.6 Å². The summed E-state index contributed by atoms with van der Waals surface area (Å²) in [4.78, 5) is 14.1. The number of para-hydroxylation sites is 1. The molecule has 6 heteroatoms. The van der Waals surface area contributed by atoms with Crippen LogP contribution in [0.5, 0.6) is 0 Å².